The molecule has 0 aromatic heterocycles. The minimum atomic E-state index is -2.74. The van der Waals surface area contributed by atoms with Gasteiger partial charge in [0.05, 0.1) is 17.3 Å². The van der Waals surface area contributed by atoms with Crippen LogP contribution in [0, 0.1) is 0 Å². The van der Waals surface area contributed by atoms with Crippen LogP contribution in [-0.4, -0.2) is 76.1 Å². The van der Waals surface area contributed by atoms with E-state index in [1.54, 1.807) is 0 Å². The molecule has 0 heterocycles. The average molecular weight is 561 g/mol. The van der Waals surface area contributed by atoms with Crippen molar-refractivity contribution in [1.82, 2.24) is 4.90 Å². The van der Waals surface area contributed by atoms with Gasteiger partial charge in [-0.2, -0.15) is 0 Å². The predicted molar refractivity (Wildman–Crippen MR) is 130 cm³/mol. The number of aliphatic carboxylic acids is 3. The maximum atomic E-state index is 10.3. The van der Waals surface area contributed by atoms with Crippen molar-refractivity contribution in [3.63, 3.8) is 0 Å². The van der Waals surface area contributed by atoms with Gasteiger partial charge in [0.15, 0.2) is 5.60 Å². The third-order valence-corrected chi connectivity index (χ3v) is 5.20. The van der Waals surface area contributed by atoms with Crippen molar-refractivity contribution in [1.29, 1.82) is 0 Å². The summed E-state index contributed by atoms with van der Waals surface area (Å²) in [7, 11) is 4.07. The molecule has 11 heteroatoms. The average Bonchev–Trinajstić information content (AvgIpc) is 2.69. The van der Waals surface area contributed by atoms with Gasteiger partial charge in [0, 0.05) is 23.6 Å². The molecule has 2 rings (SSSR count). The quantitative estimate of drug-likeness (QED) is 0.325. The highest BCUT2D eigenvalue weighted by atomic mass is 79.9. The Morgan fingerprint density at radius 3 is 2.06 bits per heavy atom. The lowest BCUT2D eigenvalue weighted by Crippen LogP contribution is -2.42. The molecule has 0 fully saturated rings. The normalized spacial score (nSPS) is 10.9. The van der Waals surface area contributed by atoms with E-state index in [1.165, 1.54) is 5.56 Å². The van der Waals surface area contributed by atoms with E-state index in [9.17, 15) is 14.4 Å². The number of likely N-dealkylation sites (N-methyl/N-ethyl adjacent to an activating group) is 1. The molecule has 2 aromatic carbocycles. The Morgan fingerprint density at radius 2 is 1.59 bits per heavy atom. The molecule has 0 spiro atoms. The van der Waals surface area contributed by atoms with E-state index < -0.39 is 36.4 Å². The monoisotopic (exact) mass is 559 g/mol. The molecular formula is C23H27BrClNO8. The number of rotatable bonds is 11. The number of benzene rings is 2. The number of carbonyl (C=O) groups is 3. The van der Waals surface area contributed by atoms with Gasteiger partial charge in [-0.25, -0.2) is 4.79 Å². The lowest BCUT2D eigenvalue weighted by atomic mass is 9.96. The number of hydrogen-bond donors (Lipinski definition) is 4. The fourth-order valence-electron chi connectivity index (χ4n) is 2.77. The minimum Gasteiger partial charge on any atom is -0.491 e. The smallest absolute Gasteiger partial charge is 0.336 e. The molecule has 2 aromatic rings. The van der Waals surface area contributed by atoms with Crippen molar-refractivity contribution in [3.8, 4) is 5.75 Å². The molecule has 9 nitrogen and oxygen atoms in total. The number of carboxylic acids is 3. The zero-order valence-electron chi connectivity index (χ0n) is 18.7. The highest BCUT2D eigenvalue weighted by Gasteiger charge is 2.40. The fraction of sp³-hybridized carbons (Fsp3) is 0.348. The first-order valence-corrected chi connectivity index (χ1v) is 11.2. The number of nitrogens with zero attached hydrogens (tertiary/aromatic N) is 1. The Bertz CT molecular complexity index is 968. The second kappa shape index (κ2) is 13.9. The van der Waals surface area contributed by atoms with Crippen molar-refractivity contribution >= 4 is 45.4 Å². The highest BCUT2D eigenvalue weighted by Crippen LogP contribution is 2.34. The molecule has 0 aliphatic carbocycles. The van der Waals surface area contributed by atoms with E-state index in [1.807, 2.05) is 44.4 Å². The minimum absolute atomic E-state index is 0.648. The fourth-order valence-corrected chi connectivity index (χ4v) is 3.76. The number of aliphatic hydroxyl groups is 1. The Morgan fingerprint density at radius 1 is 1.03 bits per heavy atom. The lowest BCUT2D eigenvalue weighted by Gasteiger charge is -2.18. The van der Waals surface area contributed by atoms with E-state index in [0.717, 1.165) is 28.8 Å². The number of halogens is 2. The first-order chi connectivity index (χ1) is 15.8. The molecule has 0 amide bonds. The van der Waals surface area contributed by atoms with Crippen LogP contribution in [0.25, 0.3) is 0 Å². The van der Waals surface area contributed by atoms with Crippen molar-refractivity contribution in [2.75, 3.05) is 27.2 Å². The molecule has 0 saturated carbocycles. The highest BCUT2D eigenvalue weighted by molar-refractivity contribution is 9.10. The summed E-state index contributed by atoms with van der Waals surface area (Å²) in [6.45, 7) is 1.52. The summed E-state index contributed by atoms with van der Waals surface area (Å²) in [5.74, 6) is -4.14. The van der Waals surface area contributed by atoms with Crippen molar-refractivity contribution in [2.45, 2.75) is 24.9 Å². The van der Waals surface area contributed by atoms with Crippen LogP contribution in [0.5, 0.6) is 5.75 Å². The van der Waals surface area contributed by atoms with E-state index in [0.29, 0.717) is 11.6 Å². The van der Waals surface area contributed by atoms with E-state index in [-0.39, 0.29) is 0 Å². The standard InChI is InChI=1S/C17H19BrClNO.C6H8O7/c1-20(2)8-9-21-17-14(11-15(19)12-16(17)18)10-13-6-4-3-5-7-13;7-3(8)1-6(13,5(11)12)2-4(9)10/h3-7,11-12H,8-10H2,1-2H3;13H,1-2H2,(H,7,8)(H,9,10)(H,11,12). The summed E-state index contributed by atoms with van der Waals surface area (Å²) in [4.78, 5) is 32.6. The van der Waals surface area contributed by atoms with Crippen LogP contribution in [0.2, 0.25) is 5.02 Å². The molecule has 34 heavy (non-hydrogen) atoms. The summed E-state index contributed by atoms with van der Waals surface area (Å²) in [5, 5.41) is 34.5. The summed E-state index contributed by atoms with van der Waals surface area (Å²) < 4.78 is 6.86. The molecule has 0 aliphatic rings. The van der Waals surface area contributed by atoms with Gasteiger partial charge in [-0.1, -0.05) is 41.9 Å². The van der Waals surface area contributed by atoms with Gasteiger partial charge in [-0.3, -0.25) is 9.59 Å². The van der Waals surface area contributed by atoms with E-state index in [4.69, 9.17) is 36.8 Å². The van der Waals surface area contributed by atoms with Gasteiger partial charge >= 0.3 is 17.9 Å². The van der Waals surface area contributed by atoms with Crippen molar-refractivity contribution in [3.05, 3.63) is 63.1 Å². The van der Waals surface area contributed by atoms with Gasteiger partial charge in [-0.15, -0.1) is 0 Å². The third-order valence-electron chi connectivity index (χ3n) is 4.39. The molecule has 0 aliphatic heterocycles. The summed E-state index contributed by atoms with van der Waals surface area (Å²) in [5.41, 5.74) is -0.402. The third kappa shape index (κ3) is 10.5. The van der Waals surface area contributed by atoms with Gasteiger partial charge in [-0.05, 0) is 47.7 Å². The van der Waals surface area contributed by atoms with E-state index in [2.05, 4.69) is 33.0 Å². The predicted octanol–water partition coefficient (Wildman–Crippen LogP) is 3.39. The zero-order valence-corrected chi connectivity index (χ0v) is 21.0. The first-order valence-electron chi connectivity index (χ1n) is 10.0. The van der Waals surface area contributed by atoms with Gasteiger partial charge in [0.25, 0.3) is 0 Å². The van der Waals surface area contributed by atoms with E-state index >= 15 is 0 Å². The molecule has 186 valence electrons. The van der Waals surface area contributed by atoms with Gasteiger partial charge < -0.3 is 30.1 Å². The van der Waals surface area contributed by atoms with Crippen LogP contribution in [0.1, 0.15) is 24.0 Å². The summed E-state index contributed by atoms with van der Waals surface area (Å²) in [6, 6.07) is 14.2. The maximum absolute atomic E-state index is 10.3. The Balaban J connectivity index is 0.000000385. The molecular weight excluding hydrogens is 534 g/mol. The second-order valence-corrected chi connectivity index (χ2v) is 8.96. The molecule has 0 unspecified atom stereocenters. The van der Waals surface area contributed by atoms with Crippen LogP contribution in [0.3, 0.4) is 0 Å². The molecule has 4 N–H and O–H groups in total. The number of carboxylic acid groups (broad SMARTS) is 3. The van der Waals surface area contributed by atoms with Crippen LogP contribution >= 0.6 is 27.5 Å². The van der Waals surface area contributed by atoms with Crippen molar-refractivity contribution < 1.29 is 39.5 Å². The number of ether oxygens (including phenoxy) is 1. The first kappa shape index (κ1) is 29.4. The molecule has 0 saturated heterocycles. The Hall–Kier alpha value is -2.66. The van der Waals surface area contributed by atoms with Crippen molar-refractivity contribution in [2.24, 2.45) is 0 Å². The van der Waals surface area contributed by atoms with Crippen LogP contribution < -0.4 is 4.74 Å². The second-order valence-electron chi connectivity index (χ2n) is 7.67. The molecule has 0 radical (unpaired) electrons. The largest absolute Gasteiger partial charge is 0.491 e. The van der Waals surface area contributed by atoms with Crippen LogP contribution in [0.15, 0.2) is 46.9 Å². The zero-order chi connectivity index (χ0) is 25.9. The SMILES string of the molecule is CN(C)CCOc1c(Br)cc(Cl)cc1Cc1ccccc1.O=C(O)CC(O)(CC(=O)O)C(=O)O. The lowest BCUT2D eigenvalue weighted by molar-refractivity contribution is -0.170. The van der Waals surface area contributed by atoms with Crippen LogP contribution in [-0.2, 0) is 20.8 Å². The summed E-state index contributed by atoms with van der Waals surface area (Å²) >= 11 is 9.73. The number of hydrogen-bond acceptors (Lipinski definition) is 6. The van der Waals surface area contributed by atoms with Crippen LogP contribution in [0.4, 0.5) is 0 Å². The summed E-state index contributed by atoms with van der Waals surface area (Å²) in [6.07, 6.45) is -1.49. The topological polar surface area (TPSA) is 145 Å². The van der Waals surface area contributed by atoms with Gasteiger partial charge in [0.1, 0.15) is 12.4 Å². The molecule has 0 bridgehead atoms. The van der Waals surface area contributed by atoms with Gasteiger partial charge in [0.2, 0.25) is 0 Å². The Labute approximate surface area is 210 Å². The Kier molecular flexibility index (Phi) is 12.0. The maximum Gasteiger partial charge on any atom is 0.336 e. The molecule has 0 atom stereocenters.